The van der Waals surface area contributed by atoms with Gasteiger partial charge in [-0.25, -0.2) is 0 Å². The second-order valence-corrected chi connectivity index (χ2v) is 7.12. The molecule has 3 heterocycles. The fourth-order valence-electron chi connectivity index (χ4n) is 4.22. The highest BCUT2D eigenvalue weighted by atomic mass is 16.5. The van der Waals surface area contributed by atoms with Gasteiger partial charge in [0.05, 0.1) is 5.41 Å². The fraction of sp³-hybridized carbons (Fsp3) is 0.938. The molecule has 0 radical (unpaired) electrons. The Kier molecular flexibility index (Phi) is 4.52. The normalized spacial score (nSPS) is 34.3. The minimum Gasteiger partial charge on any atom is -0.481 e. The van der Waals surface area contributed by atoms with Gasteiger partial charge in [0.1, 0.15) is 0 Å². The van der Waals surface area contributed by atoms with Crippen molar-refractivity contribution in [1.29, 1.82) is 0 Å². The Morgan fingerprint density at radius 1 is 1.29 bits per heavy atom. The van der Waals surface area contributed by atoms with E-state index in [-0.39, 0.29) is 0 Å². The molecule has 2 atom stereocenters. The van der Waals surface area contributed by atoms with Crippen LogP contribution in [0.15, 0.2) is 0 Å². The van der Waals surface area contributed by atoms with Crippen LogP contribution in [-0.2, 0) is 9.53 Å². The maximum Gasteiger partial charge on any atom is 0.311 e. The third kappa shape index (κ3) is 3.10. The Morgan fingerprint density at radius 2 is 2.05 bits per heavy atom. The molecule has 0 amide bonds. The predicted octanol–water partition coefficient (Wildman–Crippen LogP) is 1.43. The van der Waals surface area contributed by atoms with Crippen molar-refractivity contribution in [1.82, 2.24) is 9.80 Å². The number of carboxylic acid groups (broad SMARTS) is 1. The van der Waals surface area contributed by atoms with E-state index in [9.17, 15) is 9.90 Å². The second-order valence-electron chi connectivity index (χ2n) is 7.12. The molecule has 1 N–H and O–H groups in total. The maximum absolute atomic E-state index is 11.8. The zero-order chi connectivity index (χ0) is 14.9. The van der Waals surface area contributed by atoms with Gasteiger partial charge < -0.3 is 9.84 Å². The van der Waals surface area contributed by atoms with Crippen LogP contribution < -0.4 is 0 Å². The summed E-state index contributed by atoms with van der Waals surface area (Å²) >= 11 is 0. The van der Waals surface area contributed by atoms with E-state index in [4.69, 9.17) is 4.74 Å². The smallest absolute Gasteiger partial charge is 0.311 e. The van der Waals surface area contributed by atoms with E-state index in [0.29, 0.717) is 44.7 Å². The molecule has 3 aliphatic heterocycles. The summed E-state index contributed by atoms with van der Waals surface area (Å²) in [5, 5.41) is 9.75. The van der Waals surface area contributed by atoms with Crippen LogP contribution in [0.3, 0.4) is 0 Å². The number of hydrogen-bond acceptors (Lipinski definition) is 4. The van der Waals surface area contributed by atoms with Gasteiger partial charge in [0.2, 0.25) is 0 Å². The lowest BCUT2D eigenvalue weighted by Crippen LogP contribution is -2.61. The molecule has 120 valence electrons. The van der Waals surface area contributed by atoms with Gasteiger partial charge in [-0.3, -0.25) is 14.6 Å². The molecular formula is C16H28N2O3. The summed E-state index contributed by atoms with van der Waals surface area (Å²) in [6, 6.07) is 1.10. The molecule has 0 aliphatic carbocycles. The first-order valence-electron chi connectivity index (χ1n) is 8.40. The van der Waals surface area contributed by atoms with Crippen molar-refractivity contribution in [2.75, 3.05) is 39.4 Å². The number of carboxylic acids is 1. The minimum atomic E-state index is -0.635. The summed E-state index contributed by atoms with van der Waals surface area (Å²) in [5.41, 5.74) is -0.594. The standard InChI is InChI=1S/C16H28N2O3/c1-13-10-17-7-3-2-4-14(17)11-18(13)12-16(15(19)20)5-8-21-9-6-16/h13-14H,2-12H2,1H3,(H,19,20). The number of piperidine rings is 1. The van der Waals surface area contributed by atoms with Gasteiger partial charge in [-0.2, -0.15) is 0 Å². The van der Waals surface area contributed by atoms with Crippen LogP contribution in [0, 0.1) is 5.41 Å². The first kappa shape index (κ1) is 15.3. The molecule has 0 saturated carbocycles. The van der Waals surface area contributed by atoms with E-state index in [2.05, 4.69) is 16.7 Å². The highest BCUT2D eigenvalue weighted by molar-refractivity contribution is 5.75. The zero-order valence-electron chi connectivity index (χ0n) is 13.1. The van der Waals surface area contributed by atoms with Crippen molar-refractivity contribution in [2.24, 2.45) is 5.41 Å². The lowest BCUT2D eigenvalue weighted by Gasteiger charge is -2.50. The topological polar surface area (TPSA) is 53.0 Å². The first-order chi connectivity index (χ1) is 10.1. The number of hydrogen-bond donors (Lipinski definition) is 1. The molecule has 0 aromatic heterocycles. The number of fused-ring (bicyclic) bond motifs is 1. The molecule has 21 heavy (non-hydrogen) atoms. The molecule has 0 bridgehead atoms. The molecular weight excluding hydrogens is 268 g/mol. The van der Waals surface area contributed by atoms with E-state index < -0.39 is 11.4 Å². The van der Waals surface area contributed by atoms with Crippen molar-refractivity contribution in [3.63, 3.8) is 0 Å². The highest BCUT2D eigenvalue weighted by Gasteiger charge is 2.44. The summed E-state index contributed by atoms with van der Waals surface area (Å²) in [6.07, 6.45) is 5.22. The van der Waals surface area contributed by atoms with Crippen LogP contribution >= 0.6 is 0 Å². The molecule has 5 heteroatoms. The summed E-state index contributed by atoms with van der Waals surface area (Å²) < 4.78 is 5.39. The van der Waals surface area contributed by atoms with Crippen molar-refractivity contribution >= 4 is 5.97 Å². The molecule has 5 nitrogen and oxygen atoms in total. The average Bonchev–Trinajstić information content (AvgIpc) is 2.49. The lowest BCUT2D eigenvalue weighted by molar-refractivity contribution is -0.158. The summed E-state index contributed by atoms with van der Waals surface area (Å²) in [7, 11) is 0. The van der Waals surface area contributed by atoms with Crippen molar-refractivity contribution < 1.29 is 14.6 Å². The van der Waals surface area contributed by atoms with Crippen LogP contribution in [0.1, 0.15) is 39.0 Å². The third-order valence-electron chi connectivity index (χ3n) is 5.73. The number of ether oxygens (including phenoxy) is 1. The van der Waals surface area contributed by atoms with Gasteiger partial charge >= 0.3 is 5.97 Å². The summed E-state index contributed by atoms with van der Waals surface area (Å²) in [5.74, 6) is -0.635. The Balaban J connectivity index is 1.68. The Morgan fingerprint density at radius 3 is 2.76 bits per heavy atom. The lowest BCUT2D eigenvalue weighted by atomic mass is 9.79. The second kappa shape index (κ2) is 6.23. The molecule has 3 fully saturated rings. The number of carbonyl (C=O) groups is 1. The van der Waals surface area contributed by atoms with Crippen molar-refractivity contribution in [2.45, 2.75) is 51.1 Å². The maximum atomic E-state index is 11.8. The van der Waals surface area contributed by atoms with E-state index in [1.807, 2.05) is 0 Å². The Labute approximate surface area is 127 Å². The van der Waals surface area contributed by atoms with E-state index in [0.717, 1.165) is 13.1 Å². The van der Waals surface area contributed by atoms with Gasteiger partial charge in [-0.15, -0.1) is 0 Å². The molecule has 3 rings (SSSR count). The average molecular weight is 296 g/mol. The van der Waals surface area contributed by atoms with Crippen LogP contribution in [0.4, 0.5) is 0 Å². The molecule has 2 unspecified atom stereocenters. The molecule has 3 saturated heterocycles. The quantitative estimate of drug-likeness (QED) is 0.854. The predicted molar refractivity (Wildman–Crippen MR) is 80.4 cm³/mol. The van der Waals surface area contributed by atoms with Gasteiger partial charge in [0.15, 0.2) is 0 Å². The third-order valence-corrected chi connectivity index (χ3v) is 5.73. The summed E-state index contributed by atoms with van der Waals surface area (Å²) in [4.78, 5) is 16.9. The zero-order valence-corrected chi connectivity index (χ0v) is 13.1. The summed E-state index contributed by atoms with van der Waals surface area (Å²) in [6.45, 7) is 7.47. The number of piperazine rings is 1. The highest BCUT2D eigenvalue weighted by Crippen LogP contribution is 2.34. The van der Waals surface area contributed by atoms with Gasteiger partial charge in [-0.1, -0.05) is 6.42 Å². The Hall–Kier alpha value is -0.650. The van der Waals surface area contributed by atoms with Crippen molar-refractivity contribution in [3.05, 3.63) is 0 Å². The first-order valence-corrected chi connectivity index (χ1v) is 8.40. The van der Waals surface area contributed by atoms with E-state index in [1.165, 1.54) is 25.8 Å². The molecule has 0 aromatic rings. The number of rotatable bonds is 3. The molecule has 3 aliphatic rings. The van der Waals surface area contributed by atoms with Gasteiger partial charge in [0.25, 0.3) is 0 Å². The fourth-order valence-corrected chi connectivity index (χ4v) is 4.22. The molecule has 0 spiro atoms. The SMILES string of the molecule is CC1CN2CCCCC2CN1CC1(C(=O)O)CCOCC1. The van der Waals surface area contributed by atoms with E-state index >= 15 is 0 Å². The van der Waals surface area contributed by atoms with Crippen LogP contribution in [0.5, 0.6) is 0 Å². The van der Waals surface area contributed by atoms with Gasteiger partial charge in [-0.05, 0) is 39.2 Å². The van der Waals surface area contributed by atoms with Crippen LogP contribution in [0.25, 0.3) is 0 Å². The van der Waals surface area contributed by atoms with Crippen molar-refractivity contribution in [3.8, 4) is 0 Å². The van der Waals surface area contributed by atoms with Gasteiger partial charge in [0, 0.05) is 44.9 Å². The largest absolute Gasteiger partial charge is 0.481 e. The minimum absolute atomic E-state index is 0.457. The van der Waals surface area contributed by atoms with Crippen LogP contribution in [0.2, 0.25) is 0 Å². The number of nitrogens with zero attached hydrogens (tertiary/aromatic N) is 2. The Bertz CT molecular complexity index is 382. The number of aliphatic carboxylic acids is 1. The van der Waals surface area contributed by atoms with Crippen LogP contribution in [-0.4, -0.2) is 72.4 Å². The molecule has 0 aromatic carbocycles. The van der Waals surface area contributed by atoms with E-state index in [1.54, 1.807) is 0 Å². The monoisotopic (exact) mass is 296 g/mol.